The minimum Gasteiger partial charge on any atom is -0.379 e. The van der Waals surface area contributed by atoms with Crippen LogP contribution in [0.15, 0.2) is 0 Å². The molecule has 0 aromatic heterocycles. The van der Waals surface area contributed by atoms with Gasteiger partial charge in [-0.15, -0.1) is 0 Å². The van der Waals surface area contributed by atoms with Gasteiger partial charge < -0.3 is 9.47 Å². The van der Waals surface area contributed by atoms with Crippen molar-refractivity contribution in [3.63, 3.8) is 0 Å². The van der Waals surface area contributed by atoms with Crippen molar-refractivity contribution in [2.45, 2.75) is 210 Å². The lowest BCUT2D eigenvalue weighted by Gasteiger charge is -2.20. The Kier molecular flexibility index (Phi) is 32.0. The summed E-state index contributed by atoms with van der Waals surface area (Å²) in [6.07, 6.45) is 27.9. The fourth-order valence-corrected chi connectivity index (χ4v) is 7.75. The van der Waals surface area contributed by atoms with Crippen LogP contribution in [0, 0.1) is 47.3 Å². The van der Waals surface area contributed by atoms with Crippen LogP contribution < -0.4 is 0 Å². The van der Waals surface area contributed by atoms with Crippen LogP contribution >= 0.6 is 0 Å². The zero-order chi connectivity index (χ0) is 38.5. The van der Waals surface area contributed by atoms with Crippen LogP contribution in [0.4, 0.5) is 0 Å². The third-order valence-electron chi connectivity index (χ3n) is 11.3. The molecular weight excluding hydrogens is 653 g/mol. The van der Waals surface area contributed by atoms with Gasteiger partial charge in [-0.3, -0.25) is 4.18 Å². The van der Waals surface area contributed by atoms with Gasteiger partial charge in [0.2, 0.25) is 0 Å². The lowest BCUT2D eigenvalue weighted by molar-refractivity contribution is -0.0310. The molecule has 0 heterocycles. The Morgan fingerprint density at radius 2 is 0.706 bits per heavy atom. The number of hydrogen-bond acceptors (Lipinski definition) is 5. The molecule has 0 aliphatic heterocycles. The van der Waals surface area contributed by atoms with Gasteiger partial charge in [-0.2, -0.15) is 8.42 Å². The first-order valence-electron chi connectivity index (χ1n) is 22.1. The normalized spacial score (nSPS) is 16.7. The Morgan fingerprint density at radius 3 is 1.04 bits per heavy atom. The van der Waals surface area contributed by atoms with Crippen molar-refractivity contribution in [2.75, 3.05) is 32.7 Å². The van der Waals surface area contributed by atoms with Crippen LogP contribution in [0.1, 0.15) is 204 Å². The van der Waals surface area contributed by atoms with E-state index < -0.39 is 10.1 Å². The van der Waals surface area contributed by atoms with Gasteiger partial charge in [0, 0.05) is 19.6 Å². The first-order chi connectivity index (χ1) is 24.1. The lowest BCUT2D eigenvalue weighted by atomic mass is 9.91. The van der Waals surface area contributed by atoms with E-state index >= 15 is 0 Å². The summed E-state index contributed by atoms with van der Waals surface area (Å²) >= 11 is 0. The lowest BCUT2D eigenvalue weighted by Crippen LogP contribution is -2.24. The monoisotopic (exact) mass is 745 g/mol. The van der Waals surface area contributed by atoms with E-state index in [9.17, 15) is 8.42 Å². The third kappa shape index (κ3) is 36.6. The zero-order valence-corrected chi connectivity index (χ0v) is 37.1. The second-order valence-corrected chi connectivity index (χ2v) is 20.1. The number of rotatable bonds is 37. The predicted molar refractivity (Wildman–Crippen MR) is 223 cm³/mol. The van der Waals surface area contributed by atoms with Gasteiger partial charge in [0.25, 0.3) is 10.1 Å². The maximum absolute atomic E-state index is 11.5. The summed E-state index contributed by atoms with van der Waals surface area (Å²) in [4.78, 5) is 0. The topological polar surface area (TPSA) is 61.8 Å². The highest BCUT2D eigenvalue weighted by Crippen LogP contribution is 2.24. The van der Waals surface area contributed by atoms with E-state index in [-0.39, 0.29) is 12.7 Å². The summed E-state index contributed by atoms with van der Waals surface area (Å²) in [5, 5.41) is 0. The molecule has 0 aliphatic rings. The first-order valence-corrected chi connectivity index (χ1v) is 23.9. The average molecular weight is 745 g/mol. The third-order valence-corrected chi connectivity index (χ3v) is 11.9. The van der Waals surface area contributed by atoms with E-state index in [1.54, 1.807) is 0 Å². The highest BCUT2D eigenvalue weighted by atomic mass is 32.2. The van der Waals surface area contributed by atoms with Crippen LogP contribution in [0.25, 0.3) is 0 Å². The molecule has 5 nitrogen and oxygen atoms in total. The smallest absolute Gasteiger partial charge is 0.264 e. The molecule has 0 spiro atoms. The summed E-state index contributed by atoms with van der Waals surface area (Å²) in [5.41, 5.74) is 0. The summed E-state index contributed by atoms with van der Waals surface area (Å²) in [5.74, 6) is 6.32. The van der Waals surface area contributed by atoms with Gasteiger partial charge in [-0.05, 0) is 60.2 Å². The van der Waals surface area contributed by atoms with Crippen LogP contribution in [0.3, 0.4) is 0 Å². The van der Waals surface area contributed by atoms with E-state index in [2.05, 4.69) is 69.2 Å². The molecule has 51 heavy (non-hydrogen) atoms. The molecule has 7 unspecified atom stereocenters. The van der Waals surface area contributed by atoms with Gasteiger partial charge in [0.15, 0.2) is 0 Å². The van der Waals surface area contributed by atoms with Crippen LogP contribution in [0.5, 0.6) is 0 Å². The zero-order valence-electron chi connectivity index (χ0n) is 36.3. The van der Waals surface area contributed by atoms with E-state index in [1.165, 1.54) is 116 Å². The maximum Gasteiger partial charge on any atom is 0.264 e. The molecule has 0 saturated heterocycles. The van der Waals surface area contributed by atoms with E-state index in [4.69, 9.17) is 13.7 Å². The second kappa shape index (κ2) is 32.1. The molecule has 0 fully saturated rings. The molecule has 7 atom stereocenters. The summed E-state index contributed by atoms with van der Waals surface area (Å²) in [6.45, 7) is 25.8. The molecule has 0 aliphatic carbocycles. The standard InChI is InChI=1S/C45H92O5S/c1-37(2)18-12-20-39(5)22-14-24-41(7)26-16-28-43(9)30-33-48-36-45(32-35-50-51(11,46)47)49-34-31-44(10)29-17-27-42(8)25-15-23-40(6)21-13-19-38(3)4/h37-45H,12-36H2,1-11H3. The van der Waals surface area contributed by atoms with Crippen molar-refractivity contribution in [3.8, 4) is 0 Å². The Balaban J connectivity index is 4.21. The highest BCUT2D eigenvalue weighted by Gasteiger charge is 2.15. The molecule has 0 aromatic carbocycles. The largest absolute Gasteiger partial charge is 0.379 e. The minimum atomic E-state index is -3.45. The minimum absolute atomic E-state index is 0.138. The van der Waals surface area contributed by atoms with E-state index in [0.29, 0.717) is 31.5 Å². The summed E-state index contributed by atoms with van der Waals surface area (Å²) in [7, 11) is -3.45. The Labute approximate surface area is 321 Å². The summed E-state index contributed by atoms with van der Waals surface area (Å²) in [6, 6.07) is 0. The Bertz CT molecular complexity index is 859. The number of ether oxygens (including phenoxy) is 2. The van der Waals surface area contributed by atoms with E-state index in [0.717, 1.165) is 61.2 Å². The van der Waals surface area contributed by atoms with Crippen LogP contribution in [-0.2, 0) is 23.8 Å². The molecule has 0 amide bonds. The molecule has 0 rings (SSSR count). The quantitative estimate of drug-likeness (QED) is 0.0468. The van der Waals surface area contributed by atoms with Crippen molar-refractivity contribution in [1.82, 2.24) is 0 Å². The molecule has 0 saturated carbocycles. The molecule has 6 heteroatoms. The highest BCUT2D eigenvalue weighted by molar-refractivity contribution is 7.85. The molecule has 0 bridgehead atoms. The van der Waals surface area contributed by atoms with Crippen molar-refractivity contribution in [1.29, 1.82) is 0 Å². The van der Waals surface area contributed by atoms with Crippen LogP contribution in [-0.4, -0.2) is 47.2 Å². The SMILES string of the molecule is CC(C)CCCC(C)CCCC(C)CCCC(C)CCOCC(CCOS(C)(=O)=O)OCCC(C)CCCC(C)CCCC(C)CCCC(C)C. The van der Waals surface area contributed by atoms with Crippen molar-refractivity contribution in [2.24, 2.45) is 47.3 Å². The maximum atomic E-state index is 11.5. The van der Waals surface area contributed by atoms with Crippen molar-refractivity contribution >= 4 is 10.1 Å². The van der Waals surface area contributed by atoms with Gasteiger partial charge in [0.05, 0.1) is 25.6 Å². The fourth-order valence-electron chi connectivity index (χ4n) is 7.36. The Hall–Kier alpha value is -0.170. The number of hydrogen-bond donors (Lipinski definition) is 0. The van der Waals surface area contributed by atoms with Gasteiger partial charge in [-0.25, -0.2) is 0 Å². The van der Waals surface area contributed by atoms with Crippen LogP contribution in [0.2, 0.25) is 0 Å². The molecular formula is C45H92O5S. The van der Waals surface area contributed by atoms with Crippen molar-refractivity contribution in [3.05, 3.63) is 0 Å². The van der Waals surface area contributed by atoms with Gasteiger partial charge in [-0.1, -0.05) is 185 Å². The van der Waals surface area contributed by atoms with Gasteiger partial charge in [0.1, 0.15) is 0 Å². The fraction of sp³-hybridized carbons (Fsp3) is 1.00. The molecule has 308 valence electrons. The van der Waals surface area contributed by atoms with E-state index in [1.807, 2.05) is 0 Å². The molecule has 0 N–H and O–H groups in total. The van der Waals surface area contributed by atoms with Crippen molar-refractivity contribution < 1.29 is 22.1 Å². The Morgan fingerprint density at radius 1 is 0.392 bits per heavy atom. The predicted octanol–water partition coefficient (Wildman–Crippen LogP) is 13.7. The average Bonchev–Trinajstić information content (AvgIpc) is 3.02. The second-order valence-electron chi connectivity index (χ2n) is 18.5. The molecule has 0 aromatic rings. The van der Waals surface area contributed by atoms with Gasteiger partial charge >= 0.3 is 0 Å². The summed E-state index contributed by atoms with van der Waals surface area (Å²) < 4.78 is 40.4. The first kappa shape index (κ1) is 50.8. The molecule has 0 radical (unpaired) electrons.